The average molecular weight is 1260 g/mol. The molecule has 0 unspecified atom stereocenters. The lowest BCUT2D eigenvalue weighted by molar-refractivity contribution is -0.157. The van der Waals surface area contributed by atoms with E-state index in [4.69, 9.17) is 4.42 Å². The van der Waals surface area contributed by atoms with Crippen LogP contribution < -0.4 is 21.3 Å². The zero-order valence-electron chi connectivity index (χ0n) is 57.6. The highest BCUT2D eigenvalue weighted by Gasteiger charge is 2.46. The van der Waals surface area contributed by atoms with Crippen LogP contribution in [0.3, 0.4) is 0 Å². The van der Waals surface area contributed by atoms with Gasteiger partial charge in [-0.05, 0) is 99.9 Å². The van der Waals surface area contributed by atoms with Gasteiger partial charge in [-0.3, -0.25) is 52.7 Å². The molecule has 25 nitrogen and oxygen atoms in total. The Bertz CT molecular complexity index is 2590. The van der Waals surface area contributed by atoms with Crippen molar-refractivity contribution in [2.75, 3.05) is 55.9 Å². The summed E-state index contributed by atoms with van der Waals surface area (Å²) in [7, 11) is 9.85. The number of allylic oxidation sites excluding steroid dienone is 1. The normalized spacial score (nSPS) is 26.2. The van der Waals surface area contributed by atoms with Crippen molar-refractivity contribution >= 4 is 71.1 Å². The quantitative estimate of drug-likeness (QED) is 0.159. The molecule has 0 radical (unpaired) electrons. The number of rotatable bonds is 16. The number of aliphatic hydroxyl groups is 1. The Balaban J connectivity index is 2.98. The summed E-state index contributed by atoms with van der Waals surface area (Å²) in [5, 5.41) is 23.3. The molecule has 2 heterocycles. The smallest absolute Gasteiger partial charge is 0.246 e. The van der Waals surface area contributed by atoms with E-state index < -0.39 is 156 Å². The van der Waals surface area contributed by atoms with Gasteiger partial charge in [0, 0.05) is 49.3 Å². The van der Waals surface area contributed by atoms with Gasteiger partial charge < -0.3 is 65.1 Å². The van der Waals surface area contributed by atoms with Gasteiger partial charge >= 0.3 is 0 Å². The molecule has 89 heavy (non-hydrogen) atoms. The number of aromatic nitrogens is 1. The maximum Gasteiger partial charge on any atom is 0.246 e. The second kappa shape index (κ2) is 35.5. The molecule has 1 aliphatic rings. The van der Waals surface area contributed by atoms with Gasteiger partial charge in [0.15, 0.2) is 0 Å². The Morgan fingerprint density at radius 2 is 0.966 bits per heavy atom. The van der Waals surface area contributed by atoms with E-state index in [9.17, 15) is 43.5 Å². The first-order valence-electron chi connectivity index (χ1n) is 31.5. The first-order chi connectivity index (χ1) is 41.2. The van der Waals surface area contributed by atoms with Crippen molar-refractivity contribution in [2.45, 2.75) is 216 Å². The zero-order valence-corrected chi connectivity index (χ0v) is 57.6. The summed E-state index contributed by atoms with van der Waals surface area (Å²) in [6.07, 6.45) is 5.27. The van der Waals surface area contributed by atoms with Crippen molar-refractivity contribution in [1.82, 2.24) is 60.6 Å². The molecular formula is C64H110N12O13. The predicted molar refractivity (Wildman–Crippen MR) is 339 cm³/mol. The van der Waals surface area contributed by atoms with Crippen LogP contribution in [0.2, 0.25) is 0 Å². The first-order valence-corrected chi connectivity index (χ1v) is 31.5. The van der Waals surface area contributed by atoms with Crippen LogP contribution in [0.1, 0.15) is 155 Å². The molecule has 0 spiro atoms. The fourth-order valence-electron chi connectivity index (χ4n) is 11.0. The van der Waals surface area contributed by atoms with Crippen LogP contribution in [-0.4, -0.2) is 232 Å². The van der Waals surface area contributed by atoms with E-state index >= 15 is 14.4 Å². The van der Waals surface area contributed by atoms with Gasteiger partial charge in [0.05, 0.1) is 18.8 Å². The summed E-state index contributed by atoms with van der Waals surface area (Å²) in [6, 6.07) is -12.6. The lowest BCUT2D eigenvalue weighted by Gasteiger charge is -2.41. The number of aliphatic hydroxyl groups excluding tert-OH is 1. The van der Waals surface area contributed by atoms with E-state index in [1.807, 2.05) is 55.4 Å². The summed E-state index contributed by atoms with van der Waals surface area (Å²) in [5.41, 5.74) is 0. The molecule has 0 bridgehead atoms. The lowest BCUT2D eigenvalue weighted by atomic mass is 9.91. The van der Waals surface area contributed by atoms with E-state index in [-0.39, 0.29) is 62.2 Å². The molecule has 12 atom stereocenters. The number of nitrogens with one attached hydrogen (secondary N) is 4. The molecular weight excluding hydrogens is 1140 g/mol. The highest BCUT2D eigenvalue weighted by molar-refractivity contribution is 5.99. The fraction of sp³-hybridized carbons (Fsp3) is 0.750. The summed E-state index contributed by atoms with van der Waals surface area (Å²) >= 11 is 0. The van der Waals surface area contributed by atoms with Gasteiger partial charge in [-0.15, -0.1) is 0 Å². The van der Waals surface area contributed by atoms with Gasteiger partial charge in [0.25, 0.3) is 0 Å². The Labute approximate surface area is 529 Å². The fourth-order valence-corrected chi connectivity index (χ4v) is 11.0. The third-order valence-corrected chi connectivity index (χ3v) is 16.6. The molecule has 1 saturated heterocycles. The molecule has 1 aromatic heterocycles. The molecule has 1 fully saturated rings. The van der Waals surface area contributed by atoms with E-state index in [1.165, 1.54) is 100 Å². The zero-order chi connectivity index (χ0) is 68.4. The average Bonchev–Trinajstić information content (AvgIpc) is 1.28. The van der Waals surface area contributed by atoms with Crippen LogP contribution in [-0.2, 0) is 52.7 Å². The van der Waals surface area contributed by atoms with E-state index in [2.05, 4.69) is 26.3 Å². The number of hydrogen-bond donors (Lipinski definition) is 5. The molecule has 1 aliphatic heterocycles. The molecule has 1 aromatic rings. The lowest BCUT2D eigenvalue weighted by Crippen LogP contribution is -2.63. The van der Waals surface area contributed by atoms with Crippen molar-refractivity contribution in [1.29, 1.82) is 0 Å². The number of hydrogen-bond acceptors (Lipinski definition) is 14. The minimum atomic E-state index is -1.68. The summed E-state index contributed by atoms with van der Waals surface area (Å²) < 4.78 is 5.33. The standard InChI is InChI=1S/C64H110N12O13/c1-24-44-60(84)70(17)34-50(77)71(18)45(30-35(2)3)57(81)69-51(39(10)11)63(87)72(19)46(31-36(4)5)56(80)66-42(15)55(79)67-43(16)59(83)73(20)47(32-37(6)7)61(85)74(21)48(33-38(8)9)62(86)75(22)52(40(12)13)64(88)76(23)53(58(82)68-44)54(78)41(14)26-25-27-49-65-28-29-89-49/h25,27-29,35-48,51-54,78H,24,26,30-34H2,1-23H3,(H,66,80)(H,67,79)(H,68,82)(H,69,81)/b27-25+/t41-,42+,43-,44+,45+,46+,47+,48+,51+,52+,53+,54-/m1/s1. The maximum atomic E-state index is 15.3. The van der Waals surface area contributed by atoms with Crippen LogP contribution in [0.15, 0.2) is 23.0 Å². The molecule has 11 amide bonds. The number of oxazole rings is 1. The molecule has 504 valence electrons. The number of carbonyl (C=O) groups excluding carboxylic acids is 11. The number of carbonyl (C=O) groups is 11. The van der Waals surface area contributed by atoms with Gasteiger partial charge in [-0.25, -0.2) is 4.98 Å². The molecule has 0 saturated carbocycles. The topological polar surface area (TPSA) is 305 Å². The molecule has 0 aliphatic carbocycles. The van der Waals surface area contributed by atoms with Crippen molar-refractivity contribution in [2.24, 2.45) is 41.4 Å². The van der Waals surface area contributed by atoms with Crippen molar-refractivity contribution in [3.8, 4) is 0 Å². The summed E-state index contributed by atoms with van der Waals surface area (Å²) in [5.74, 6) is -9.82. The van der Waals surface area contributed by atoms with Crippen molar-refractivity contribution in [3.05, 3.63) is 24.4 Å². The highest BCUT2D eigenvalue weighted by atomic mass is 16.3. The van der Waals surface area contributed by atoms with Crippen LogP contribution >= 0.6 is 0 Å². The van der Waals surface area contributed by atoms with E-state index in [0.29, 0.717) is 5.89 Å². The summed E-state index contributed by atoms with van der Waals surface area (Å²) in [4.78, 5) is 173. The Kier molecular flexibility index (Phi) is 31.2. The van der Waals surface area contributed by atoms with Crippen LogP contribution in [0, 0.1) is 41.4 Å². The largest absolute Gasteiger partial charge is 0.445 e. The minimum Gasteiger partial charge on any atom is -0.445 e. The molecule has 0 aromatic carbocycles. The van der Waals surface area contributed by atoms with Crippen molar-refractivity contribution in [3.63, 3.8) is 0 Å². The second-order valence-electron chi connectivity index (χ2n) is 26.8. The van der Waals surface area contributed by atoms with Gasteiger partial charge in [-0.2, -0.15) is 0 Å². The van der Waals surface area contributed by atoms with E-state index in [0.717, 1.165) is 9.80 Å². The monoisotopic (exact) mass is 1250 g/mol. The SMILES string of the molecule is CC[C@@H]1NC(=O)[C@H]([C@H](O)[C@H](C)C/C=C/c2ncco2)N(C)C(=O)[C@H](C(C)C)N(C)C(=O)[C@H](CC(C)C)N(C)C(=O)[C@H](CC(C)C)N(C)C(=O)[C@@H](C)NC(=O)[C@H](C)NC(=O)[C@H](CC(C)C)N(C)C(=O)[C@H](C(C)C)NC(=O)[C@H](CC(C)C)N(C)C(=O)CN(C)C1=O. The third kappa shape index (κ3) is 21.9. The molecule has 25 heteroatoms. The highest BCUT2D eigenvalue weighted by Crippen LogP contribution is 2.26. The van der Waals surface area contributed by atoms with Gasteiger partial charge in [-0.1, -0.05) is 103 Å². The van der Waals surface area contributed by atoms with Crippen molar-refractivity contribution < 1.29 is 62.3 Å². The van der Waals surface area contributed by atoms with Crippen LogP contribution in [0.5, 0.6) is 0 Å². The Morgan fingerprint density at radius 1 is 0.517 bits per heavy atom. The maximum absolute atomic E-state index is 15.3. The second-order valence-corrected chi connectivity index (χ2v) is 26.8. The first kappa shape index (κ1) is 78.2. The Morgan fingerprint density at radius 3 is 1.44 bits per heavy atom. The van der Waals surface area contributed by atoms with Crippen LogP contribution in [0.25, 0.3) is 6.08 Å². The number of nitrogens with zero attached hydrogens (tertiary/aromatic N) is 8. The molecule has 5 N–H and O–H groups in total. The van der Waals surface area contributed by atoms with Gasteiger partial charge in [0.2, 0.25) is 70.9 Å². The third-order valence-electron chi connectivity index (χ3n) is 16.6. The van der Waals surface area contributed by atoms with Gasteiger partial charge in [0.1, 0.15) is 66.7 Å². The number of likely N-dealkylation sites (N-methyl/N-ethyl adjacent to an activating group) is 7. The molecule has 2 rings (SSSR count). The predicted octanol–water partition coefficient (Wildman–Crippen LogP) is 3.39. The minimum absolute atomic E-state index is 0.00460. The van der Waals surface area contributed by atoms with Crippen LogP contribution in [0.4, 0.5) is 0 Å². The number of amides is 11. The van der Waals surface area contributed by atoms with E-state index in [1.54, 1.807) is 53.7 Å². The summed E-state index contributed by atoms with van der Waals surface area (Å²) in [6.45, 7) is 27.4. The Hall–Kier alpha value is -6.92.